The molecule has 24 heavy (non-hydrogen) atoms. The van der Waals surface area contributed by atoms with E-state index in [4.69, 9.17) is 0 Å². The van der Waals surface area contributed by atoms with E-state index in [-0.39, 0.29) is 23.4 Å². The van der Waals surface area contributed by atoms with Gasteiger partial charge in [-0.3, -0.25) is 9.59 Å². The summed E-state index contributed by atoms with van der Waals surface area (Å²) in [6, 6.07) is 11.0. The van der Waals surface area contributed by atoms with Gasteiger partial charge < -0.3 is 5.32 Å². The van der Waals surface area contributed by atoms with Crippen molar-refractivity contribution in [1.82, 2.24) is 0 Å². The molecule has 1 saturated heterocycles. The van der Waals surface area contributed by atoms with Crippen LogP contribution >= 0.6 is 0 Å². The van der Waals surface area contributed by atoms with Gasteiger partial charge in [-0.25, -0.2) is 17.1 Å². The minimum Gasteiger partial charge on any atom is -0.322 e. The fourth-order valence-electron chi connectivity index (χ4n) is 2.35. The average molecular weight is 348 g/mol. The SMILES string of the molecule is O=C(Nc1ccc(F)cc1)c1ccc(N2C(=O)CCS2(=O)=O)cc1. The van der Waals surface area contributed by atoms with Crippen molar-refractivity contribution < 1.29 is 22.4 Å². The summed E-state index contributed by atoms with van der Waals surface area (Å²) in [7, 11) is -3.63. The Morgan fingerprint density at radius 3 is 2.21 bits per heavy atom. The number of carbonyl (C=O) groups is 2. The maximum absolute atomic E-state index is 12.8. The minimum absolute atomic E-state index is 0.0465. The van der Waals surface area contributed by atoms with Crippen LogP contribution in [0.2, 0.25) is 0 Å². The van der Waals surface area contributed by atoms with Crippen LogP contribution in [0.4, 0.5) is 15.8 Å². The first-order valence-electron chi connectivity index (χ1n) is 7.10. The van der Waals surface area contributed by atoms with E-state index >= 15 is 0 Å². The van der Waals surface area contributed by atoms with Crippen LogP contribution in [0, 0.1) is 5.82 Å². The highest BCUT2D eigenvalue weighted by atomic mass is 32.2. The first-order chi connectivity index (χ1) is 11.4. The van der Waals surface area contributed by atoms with Gasteiger partial charge in [0, 0.05) is 17.7 Å². The third kappa shape index (κ3) is 3.13. The molecule has 1 aliphatic rings. The Bertz CT molecular complexity index is 893. The highest BCUT2D eigenvalue weighted by Gasteiger charge is 2.36. The van der Waals surface area contributed by atoms with Crippen molar-refractivity contribution in [2.45, 2.75) is 6.42 Å². The molecule has 6 nitrogen and oxygen atoms in total. The predicted molar refractivity (Wildman–Crippen MR) is 86.7 cm³/mol. The number of rotatable bonds is 3. The van der Waals surface area contributed by atoms with Crippen LogP contribution < -0.4 is 9.62 Å². The van der Waals surface area contributed by atoms with Crippen LogP contribution in [-0.2, 0) is 14.8 Å². The molecule has 2 aromatic rings. The lowest BCUT2D eigenvalue weighted by atomic mass is 10.2. The zero-order valence-electron chi connectivity index (χ0n) is 12.4. The van der Waals surface area contributed by atoms with Crippen LogP contribution in [0.3, 0.4) is 0 Å². The quantitative estimate of drug-likeness (QED) is 0.921. The number of benzene rings is 2. The zero-order chi connectivity index (χ0) is 17.3. The number of hydrogen-bond donors (Lipinski definition) is 1. The van der Waals surface area contributed by atoms with Crippen LogP contribution in [0.5, 0.6) is 0 Å². The molecule has 1 fully saturated rings. The maximum Gasteiger partial charge on any atom is 0.255 e. The highest BCUT2D eigenvalue weighted by molar-refractivity contribution is 7.94. The van der Waals surface area contributed by atoms with Crippen molar-refractivity contribution in [1.29, 1.82) is 0 Å². The molecule has 2 aromatic carbocycles. The molecule has 2 amide bonds. The second kappa shape index (κ2) is 6.04. The minimum atomic E-state index is -3.63. The Kier molecular flexibility index (Phi) is 4.06. The van der Waals surface area contributed by atoms with Crippen molar-refractivity contribution in [3.8, 4) is 0 Å². The Hall–Kier alpha value is -2.74. The second-order valence-electron chi connectivity index (χ2n) is 5.23. The molecule has 0 bridgehead atoms. The van der Waals surface area contributed by atoms with E-state index in [0.717, 1.165) is 4.31 Å². The number of carbonyl (C=O) groups excluding carboxylic acids is 2. The highest BCUT2D eigenvalue weighted by Crippen LogP contribution is 2.25. The fourth-order valence-corrected chi connectivity index (χ4v) is 3.81. The van der Waals surface area contributed by atoms with E-state index in [9.17, 15) is 22.4 Å². The van der Waals surface area contributed by atoms with E-state index in [2.05, 4.69) is 5.32 Å². The van der Waals surface area contributed by atoms with Gasteiger partial charge in [0.2, 0.25) is 15.9 Å². The third-order valence-electron chi connectivity index (χ3n) is 3.54. The Morgan fingerprint density at radius 1 is 1.04 bits per heavy atom. The van der Waals surface area contributed by atoms with Crippen LogP contribution in [0.1, 0.15) is 16.8 Å². The van der Waals surface area contributed by atoms with Gasteiger partial charge in [-0.15, -0.1) is 0 Å². The molecule has 1 heterocycles. The Labute approximate surface area is 138 Å². The predicted octanol–water partition coefficient (Wildman–Crippen LogP) is 2.14. The van der Waals surface area contributed by atoms with Gasteiger partial charge in [-0.05, 0) is 48.5 Å². The van der Waals surface area contributed by atoms with E-state index < -0.39 is 27.7 Å². The van der Waals surface area contributed by atoms with E-state index in [1.54, 1.807) is 0 Å². The lowest BCUT2D eigenvalue weighted by molar-refractivity contribution is -0.116. The van der Waals surface area contributed by atoms with Gasteiger partial charge in [0.1, 0.15) is 5.82 Å². The van der Waals surface area contributed by atoms with Gasteiger partial charge >= 0.3 is 0 Å². The van der Waals surface area contributed by atoms with E-state index in [1.165, 1.54) is 48.5 Å². The summed E-state index contributed by atoms with van der Waals surface area (Å²) in [6.45, 7) is 0. The molecule has 1 N–H and O–H groups in total. The van der Waals surface area contributed by atoms with Crippen LogP contribution in [-0.4, -0.2) is 26.0 Å². The number of nitrogens with zero attached hydrogens (tertiary/aromatic N) is 1. The largest absolute Gasteiger partial charge is 0.322 e. The molecular weight excluding hydrogens is 335 g/mol. The van der Waals surface area contributed by atoms with Crippen molar-refractivity contribution in [2.75, 3.05) is 15.4 Å². The molecule has 0 spiro atoms. The average Bonchev–Trinajstić information content (AvgIpc) is 2.83. The van der Waals surface area contributed by atoms with Crippen molar-refractivity contribution >= 4 is 33.2 Å². The lowest BCUT2D eigenvalue weighted by Crippen LogP contribution is -2.29. The Morgan fingerprint density at radius 2 is 1.67 bits per heavy atom. The summed E-state index contributed by atoms with van der Waals surface area (Å²) in [5, 5.41) is 2.60. The lowest BCUT2D eigenvalue weighted by Gasteiger charge is -2.15. The number of halogens is 1. The molecule has 1 aliphatic heterocycles. The molecule has 0 aromatic heterocycles. The molecule has 0 saturated carbocycles. The van der Waals surface area contributed by atoms with Gasteiger partial charge in [0.25, 0.3) is 5.91 Å². The monoisotopic (exact) mass is 348 g/mol. The zero-order valence-corrected chi connectivity index (χ0v) is 13.2. The molecule has 8 heteroatoms. The summed E-state index contributed by atoms with van der Waals surface area (Å²) in [5.74, 6) is -1.53. The molecule has 0 unspecified atom stereocenters. The molecule has 0 atom stereocenters. The summed E-state index contributed by atoms with van der Waals surface area (Å²) < 4.78 is 37.3. The smallest absolute Gasteiger partial charge is 0.255 e. The molecule has 0 aliphatic carbocycles. The molecule has 0 radical (unpaired) electrons. The number of sulfonamides is 1. The summed E-state index contributed by atoms with van der Waals surface area (Å²) in [5.41, 5.74) is 0.922. The normalized spacial score (nSPS) is 16.2. The number of amides is 2. The molecule has 124 valence electrons. The number of nitrogens with one attached hydrogen (secondary N) is 1. The number of anilines is 2. The van der Waals surface area contributed by atoms with Crippen molar-refractivity contribution in [3.05, 3.63) is 59.9 Å². The first-order valence-corrected chi connectivity index (χ1v) is 8.70. The van der Waals surface area contributed by atoms with Crippen molar-refractivity contribution in [3.63, 3.8) is 0 Å². The summed E-state index contributed by atoms with van der Waals surface area (Å²) in [6.07, 6.45) is -0.0465. The maximum atomic E-state index is 12.8. The van der Waals surface area contributed by atoms with Gasteiger partial charge in [0.05, 0.1) is 11.4 Å². The van der Waals surface area contributed by atoms with E-state index in [0.29, 0.717) is 5.69 Å². The van der Waals surface area contributed by atoms with Crippen LogP contribution in [0.25, 0.3) is 0 Å². The Balaban J connectivity index is 1.78. The van der Waals surface area contributed by atoms with Gasteiger partial charge in [-0.1, -0.05) is 0 Å². The van der Waals surface area contributed by atoms with Gasteiger partial charge in [0.15, 0.2) is 0 Å². The topological polar surface area (TPSA) is 83.6 Å². The molecular formula is C16H13FN2O4S. The number of hydrogen-bond acceptors (Lipinski definition) is 4. The summed E-state index contributed by atoms with van der Waals surface area (Å²) >= 11 is 0. The van der Waals surface area contributed by atoms with Crippen LogP contribution in [0.15, 0.2) is 48.5 Å². The van der Waals surface area contributed by atoms with E-state index in [1.807, 2.05) is 0 Å². The first kappa shape index (κ1) is 16.1. The van der Waals surface area contributed by atoms with Crippen molar-refractivity contribution in [2.24, 2.45) is 0 Å². The standard InChI is InChI=1S/C16H13FN2O4S/c17-12-3-5-13(6-4-12)18-16(21)11-1-7-14(8-2-11)19-15(20)9-10-24(19,22)23/h1-8H,9-10H2,(H,18,21). The molecule has 3 rings (SSSR count). The second-order valence-corrected chi connectivity index (χ2v) is 7.17. The fraction of sp³-hybridized carbons (Fsp3) is 0.125. The summed E-state index contributed by atoms with van der Waals surface area (Å²) in [4.78, 5) is 23.8. The third-order valence-corrected chi connectivity index (χ3v) is 5.24. The van der Waals surface area contributed by atoms with Gasteiger partial charge in [-0.2, -0.15) is 0 Å².